The second kappa shape index (κ2) is 9.13. The number of amides is 2. The fourth-order valence-electron chi connectivity index (χ4n) is 2.63. The molecule has 0 aliphatic carbocycles. The van der Waals surface area contributed by atoms with E-state index in [-0.39, 0.29) is 6.54 Å². The molecular formula is C21H31NO4Si. The van der Waals surface area contributed by atoms with Crippen molar-refractivity contribution in [2.24, 2.45) is 0 Å². The molecule has 1 aromatic rings. The number of benzene rings is 1. The number of imide groups is 1. The van der Waals surface area contributed by atoms with Crippen molar-refractivity contribution in [3.8, 4) is 0 Å². The second-order valence-electron chi connectivity index (χ2n) is 8.32. The highest BCUT2D eigenvalue weighted by Crippen LogP contribution is 2.13. The van der Waals surface area contributed by atoms with Gasteiger partial charge in [-0.2, -0.15) is 0 Å². The monoisotopic (exact) mass is 389 g/mol. The molecule has 0 unspecified atom stereocenters. The SMILES string of the molecule is C=CC[Si](C)(C)c1ccc(CCN(C(=O)OC(C)(C)C)C(=O)C(C)=O)cc1. The zero-order chi connectivity index (χ0) is 20.8. The molecule has 0 saturated heterocycles. The van der Waals surface area contributed by atoms with Gasteiger partial charge < -0.3 is 4.74 Å². The lowest BCUT2D eigenvalue weighted by Crippen LogP contribution is -2.44. The minimum absolute atomic E-state index is 0.0974. The van der Waals surface area contributed by atoms with Gasteiger partial charge >= 0.3 is 6.09 Å². The first-order valence-corrected chi connectivity index (χ1v) is 12.3. The van der Waals surface area contributed by atoms with Gasteiger partial charge in [-0.3, -0.25) is 9.59 Å². The highest BCUT2D eigenvalue weighted by atomic mass is 28.3. The Kier molecular flexibility index (Phi) is 7.72. The van der Waals surface area contributed by atoms with Crippen LogP contribution in [0.25, 0.3) is 0 Å². The van der Waals surface area contributed by atoms with Gasteiger partial charge in [0.15, 0.2) is 0 Å². The minimum atomic E-state index is -1.53. The number of ether oxygens (including phenoxy) is 1. The summed E-state index contributed by atoms with van der Waals surface area (Å²) in [5.74, 6) is -1.53. The first kappa shape index (κ1) is 22.8. The molecule has 0 atom stereocenters. The van der Waals surface area contributed by atoms with Crippen LogP contribution in [0.2, 0.25) is 19.1 Å². The maximum Gasteiger partial charge on any atom is 0.417 e. The minimum Gasteiger partial charge on any atom is -0.443 e. The van der Waals surface area contributed by atoms with Crippen molar-refractivity contribution in [3.05, 3.63) is 42.5 Å². The highest BCUT2D eigenvalue weighted by molar-refractivity contribution is 6.90. The van der Waals surface area contributed by atoms with Crippen molar-refractivity contribution in [1.82, 2.24) is 4.90 Å². The molecule has 148 valence electrons. The number of nitrogens with zero attached hydrogens (tertiary/aromatic N) is 1. The predicted octanol–water partition coefficient (Wildman–Crippen LogP) is 3.68. The molecule has 0 aromatic heterocycles. The molecule has 5 nitrogen and oxygen atoms in total. The van der Waals surface area contributed by atoms with E-state index in [9.17, 15) is 14.4 Å². The van der Waals surface area contributed by atoms with Crippen molar-refractivity contribution >= 4 is 31.0 Å². The zero-order valence-electron chi connectivity index (χ0n) is 17.3. The molecule has 0 saturated carbocycles. The summed E-state index contributed by atoms with van der Waals surface area (Å²) in [7, 11) is -1.53. The van der Waals surface area contributed by atoms with Crippen LogP contribution in [0.15, 0.2) is 36.9 Å². The molecule has 1 rings (SSSR count). The predicted molar refractivity (Wildman–Crippen MR) is 111 cm³/mol. The van der Waals surface area contributed by atoms with E-state index in [1.807, 2.05) is 18.2 Å². The Morgan fingerprint density at radius 2 is 1.70 bits per heavy atom. The number of hydrogen-bond acceptors (Lipinski definition) is 4. The molecule has 0 fully saturated rings. The van der Waals surface area contributed by atoms with Gasteiger partial charge in [-0.05, 0) is 38.8 Å². The van der Waals surface area contributed by atoms with Gasteiger partial charge in [-0.1, -0.05) is 48.6 Å². The van der Waals surface area contributed by atoms with E-state index in [0.717, 1.165) is 23.4 Å². The molecule has 0 spiro atoms. The summed E-state index contributed by atoms with van der Waals surface area (Å²) >= 11 is 0. The molecule has 0 aliphatic rings. The average Bonchev–Trinajstić information content (AvgIpc) is 2.53. The third-order valence-electron chi connectivity index (χ3n) is 4.17. The van der Waals surface area contributed by atoms with Gasteiger partial charge in [0.25, 0.3) is 5.91 Å². The summed E-state index contributed by atoms with van der Waals surface area (Å²) in [6.45, 7) is 14.8. The second-order valence-corrected chi connectivity index (χ2v) is 13.1. The van der Waals surface area contributed by atoms with Gasteiger partial charge in [0, 0.05) is 13.5 Å². The van der Waals surface area contributed by atoms with Gasteiger partial charge in [-0.25, -0.2) is 9.69 Å². The van der Waals surface area contributed by atoms with Crippen LogP contribution in [-0.4, -0.2) is 42.9 Å². The summed E-state index contributed by atoms with van der Waals surface area (Å²) in [5, 5.41) is 1.33. The largest absolute Gasteiger partial charge is 0.443 e. The lowest BCUT2D eigenvalue weighted by molar-refractivity contribution is -0.143. The molecular weight excluding hydrogens is 358 g/mol. The summed E-state index contributed by atoms with van der Waals surface area (Å²) in [5.41, 5.74) is 0.252. The lowest BCUT2D eigenvalue weighted by atomic mass is 10.1. The van der Waals surface area contributed by atoms with Crippen LogP contribution in [-0.2, 0) is 20.7 Å². The Hall–Kier alpha value is -2.21. The van der Waals surface area contributed by atoms with E-state index in [2.05, 4.69) is 31.8 Å². The van der Waals surface area contributed by atoms with E-state index in [1.165, 1.54) is 5.19 Å². The van der Waals surface area contributed by atoms with Gasteiger partial charge in [0.05, 0.1) is 8.07 Å². The molecule has 0 aliphatic heterocycles. The van der Waals surface area contributed by atoms with Crippen LogP contribution < -0.4 is 5.19 Å². The summed E-state index contributed by atoms with van der Waals surface area (Å²) in [6, 6.07) is 9.24. The quantitative estimate of drug-likeness (QED) is 0.405. The van der Waals surface area contributed by atoms with Crippen molar-refractivity contribution < 1.29 is 19.1 Å². The van der Waals surface area contributed by atoms with Gasteiger partial charge in [0.2, 0.25) is 5.78 Å². The fourth-order valence-corrected chi connectivity index (χ4v) is 4.65. The van der Waals surface area contributed by atoms with Crippen LogP contribution in [0.5, 0.6) is 0 Å². The number of hydrogen-bond donors (Lipinski definition) is 0. The van der Waals surface area contributed by atoms with Crippen molar-refractivity contribution in [2.45, 2.75) is 58.9 Å². The topological polar surface area (TPSA) is 63.7 Å². The Morgan fingerprint density at radius 3 is 2.15 bits per heavy atom. The molecule has 1 aromatic carbocycles. The van der Waals surface area contributed by atoms with E-state index in [1.54, 1.807) is 20.8 Å². The summed E-state index contributed by atoms with van der Waals surface area (Å²) < 4.78 is 5.26. The maximum absolute atomic E-state index is 12.3. The first-order valence-electron chi connectivity index (χ1n) is 9.13. The third-order valence-corrected chi connectivity index (χ3v) is 7.38. The molecule has 6 heteroatoms. The molecule has 0 heterocycles. The molecule has 2 amide bonds. The van der Waals surface area contributed by atoms with Crippen molar-refractivity contribution in [3.63, 3.8) is 0 Å². The fraction of sp³-hybridized carbons (Fsp3) is 0.476. The van der Waals surface area contributed by atoms with Crippen LogP contribution in [0, 0.1) is 0 Å². The average molecular weight is 390 g/mol. The summed E-state index contributed by atoms with van der Waals surface area (Å²) in [6.07, 6.45) is 1.63. The van der Waals surface area contributed by atoms with Crippen molar-refractivity contribution in [2.75, 3.05) is 6.54 Å². The molecule has 0 N–H and O–H groups in total. The van der Waals surface area contributed by atoms with Crippen molar-refractivity contribution in [1.29, 1.82) is 0 Å². The van der Waals surface area contributed by atoms with E-state index in [4.69, 9.17) is 4.74 Å². The normalized spacial score (nSPS) is 11.6. The van der Waals surface area contributed by atoms with Crippen LogP contribution >= 0.6 is 0 Å². The standard InChI is InChI=1S/C21H31NO4Si/c1-8-15-27(6,7)18-11-9-17(10-12-18)13-14-22(19(24)16(2)23)20(25)26-21(3,4)5/h8-12H,1,13-15H2,2-7H3. The van der Waals surface area contributed by atoms with E-state index >= 15 is 0 Å². The molecule has 27 heavy (non-hydrogen) atoms. The molecule has 0 bridgehead atoms. The van der Waals surface area contributed by atoms with E-state index in [0.29, 0.717) is 6.42 Å². The number of allylic oxidation sites excluding steroid dienone is 1. The number of carbonyl (C=O) groups is 3. The zero-order valence-corrected chi connectivity index (χ0v) is 18.3. The molecule has 0 radical (unpaired) electrons. The number of Topliss-reactive ketones (excluding diaryl/α,β-unsaturated/α-hetero) is 1. The van der Waals surface area contributed by atoms with Crippen LogP contribution in [0.1, 0.15) is 33.3 Å². The smallest absolute Gasteiger partial charge is 0.417 e. The Morgan fingerprint density at radius 1 is 1.15 bits per heavy atom. The Bertz CT molecular complexity index is 702. The number of carbonyl (C=O) groups excluding carboxylic acids is 3. The Labute approximate surface area is 163 Å². The van der Waals surface area contributed by atoms with Gasteiger partial charge in [-0.15, -0.1) is 6.58 Å². The lowest BCUT2D eigenvalue weighted by Gasteiger charge is -2.25. The Balaban J connectivity index is 2.89. The third kappa shape index (κ3) is 7.13. The number of ketones is 1. The first-order chi connectivity index (χ1) is 12.4. The van der Waals surface area contributed by atoms with Gasteiger partial charge in [0.1, 0.15) is 5.60 Å². The number of rotatable bonds is 7. The van der Waals surface area contributed by atoms with Crippen LogP contribution in [0.3, 0.4) is 0 Å². The van der Waals surface area contributed by atoms with Crippen LogP contribution in [0.4, 0.5) is 4.79 Å². The van der Waals surface area contributed by atoms with E-state index < -0.39 is 31.5 Å². The highest BCUT2D eigenvalue weighted by Gasteiger charge is 2.29. The summed E-state index contributed by atoms with van der Waals surface area (Å²) in [4.78, 5) is 36.8. The maximum atomic E-state index is 12.3.